The Morgan fingerprint density at radius 1 is 1.50 bits per heavy atom. The fourth-order valence-corrected chi connectivity index (χ4v) is 2.15. The molecule has 0 aliphatic carbocycles. The first-order chi connectivity index (χ1) is 8.75. The van der Waals surface area contributed by atoms with E-state index in [1.54, 1.807) is 6.26 Å². The predicted molar refractivity (Wildman–Crippen MR) is 69.1 cm³/mol. The van der Waals surface area contributed by atoms with Gasteiger partial charge in [0, 0.05) is 19.6 Å². The second-order valence-corrected chi connectivity index (χ2v) is 4.74. The van der Waals surface area contributed by atoms with Gasteiger partial charge in [0.15, 0.2) is 0 Å². The van der Waals surface area contributed by atoms with E-state index < -0.39 is 0 Å². The molecule has 0 atom stereocenters. The van der Waals surface area contributed by atoms with Crippen molar-refractivity contribution >= 4 is 5.91 Å². The Morgan fingerprint density at radius 3 is 3.17 bits per heavy atom. The Balaban J connectivity index is 1.78. The fourth-order valence-electron chi connectivity index (χ4n) is 2.15. The summed E-state index contributed by atoms with van der Waals surface area (Å²) in [5.74, 6) is 1.09. The Bertz CT molecular complexity index is 356. The van der Waals surface area contributed by atoms with Gasteiger partial charge in [0.2, 0.25) is 5.91 Å². The summed E-state index contributed by atoms with van der Waals surface area (Å²) in [5, 5.41) is 3.30. The molecule has 1 aromatic heterocycles. The summed E-state index contributed by atoms with van der Waals surface area (Å²) in [6.45, 7) is 4.69. The molecule has 1 N–H and O–H groups in total. The molecule has 2 rings (SSSR count). The van der Waals surface area contributed by atoms with Crippen molar-refractivity contribution in [2.24, 2.45) is 0 Å². The number of hydrogen-bond acceptors (Lipinski definition) is 4. The molecule has 0 aromatic carbocycles. The standard InChI is InChI=1S/C13H21N3O2/c1-15(10-12-4-2-9-18-12)11-13(17)16-7-3-5-14-6-8-16/h2,4,9,14H,3,5-8,10-11H2,1H3. The lowest BCUT2D eigenvalue weighted by Crippen LogP contribution is -2.40. The van der Waals surface area contributed by atoms with Gasteiger partial charge in [-0.05, 0) is 32.1 Å². The largest absolute Gasteiger partial charge is 0.468 e. The zero-order chi connectivity index (χ0) is 12.8. The lowest BCUT2D eigenvalue weighted by Gasteiger charge is -2.23. The van der Waals surface area contributed by atoms with Crippen LogP contribution in [-0.4, -0.2) is 55.5 Å². The molecular formula is C13H21N3O2. The van der Waals surface area contributed by atoms with Gasteiger partial charge < -0.3 is 14.6 Å². The number of nitrogens with one attached hydrogen (secondary N) is 1. The van der Waals surface area contributed by atoms with Crippen LogP contribution in [0.4, 0.5) is 0 Å². The molecular weight excluding hydrogens is 230 g/mol. The van der Waals surface area contributed by atoms with Crippen molar-refractivity contribution in [3.05, 3.63) is 24.2 Å². The minimum Gasteiger partial charge on any atom is -0.468 e. The highest BCUT2D eigenvalue weighted by Gasteiger charge is 2.17. The summed E-state index contributed by atoms with van der Waals surface area (Å²) in [5.41, 5.74) is 0. The van der Waals surface area contributed by atoms with Crippen LogP contribution in [0.3, 0.4) is 0 Å². The molecule has 0 radical (unpaired) electrons. The molecule has 5 heteroatoms. The molecule has 1 aliphatic rings. The highest BCUT2D eigenvalue weighted by molar-refractivity contribution is 5.78. The Labute approximate surface area is 108 Å². The summed E-state index contributed by atoms with van der Waals surface area (Å²) >= 11 is 0. The van der Waals surface area contributed by atoms with Crippen LogP contribution in [0.2, 0.25) is 0 Å². The molecule has 1 aromatic rings. The van der Waals surface area contributed by atoms with Crippen LogP contribution in [0.1, 0.15) is 12.2 Å². The summed E-state index contributed by atoms with van der Waals surface area (Å²) < 4.78 is 5.27. The molecule has 18 heavy (non-hydrogen) atoms. The SMILES string of the molecule is CN(CC(=O)N1CCCNCC1)Cc1ccco1. The quantitative estimate of drug-likeness (QED) is 0.848. The Hall–Kier alpha value is -1.33. The molecule has 1 aliphatic heterocycles. The van der Waals surface area contributed by atoms with E-state index in [4.69, 9.17) is 4.42 Å². The second-order valence-electron chi connectivity index (χ2n) is 4.74. The molecule has 0 bridgehead atoms. The molecule has 0 unspecified atom stereocenters. The molecule has 0 spiro atoms. The maximum atomic E-state index is 12.1. The highest BCUT2D eigenvalue weighted by Crippen LogP contribution is 2.04. The van der Waals surface area contributed by atoms with Crippen molar-refractivity contribution in [1.82, 2.24) is 15.1 Å². The zero-order valence-corrected chi connectivity index (χ0v) is 10.9. The first-order valence-electron chi connectivity index (χ1n) is 6.45. The van der Waals surface area contributed by atoms with Crippen molar-refractivity contribution in [3.63, 3.8) is 0 Å². The number of carbonyl (C=O) groups excluding carboxylic acids is 1. The summed E-state index contributed by atoms with van der Waals surface area (Å²) in [4.78, 5) is 16.0. The average Bonchev–Trinajstić information content (AvgIpc) is 2.68. The first kappa shape index (κ1) is 13.1. The van der Waals surface area contributed by atoms with E-state index in [1.165, 1.54) is 0 Å². The van der Waals surface area contributed by atoms with E-state index in [9.17, 15) is 4.79 Å². The third-order valence-electron chi connectivity index (χ3n) is 3.10. The minimum atomic E-state index is 0.202. The predicted octanol–water partition coefficient (Wildman–Crippen LogP) is 0.533. The second kappa shape index (κ2) is 6.56. The van der Waals surface area contributed by atoms with Crippen LogP contribution in [-0.2, 0) is 11.3 Å². The summed E-state index contributed by atoms with van der Waals surface area (Å²) in [6, 6.07) is 3.79. The van der Waals surface area contributed by atoms with Gasteiger partial charge in [-0.2, -0.15) is 0 Å². The number of amides is 1. The van der Waals surface area contributed by atoms with Crippen molar-refractivity contribution in [2.75, 3.05) is 39.8 Å². The fraction of sp³-hybridized carbons (Fsp3) is 0.615. The normalized spacial score (nSPS) is 16.9. The summed E-state index contributed by atoms with van der Waals surface area (Å²) in [7, 11) is 1.94. The van der Waals surface area contributed by atoms with Crippen LogP contribution in [0.5, 0.6) is 0 Å². The van der Waals surface area contributed by atoms with E-state index in [-0.39, 0.29) is 5.91 Å². The zero-order valence-electron chi connectivity index (χ0n) is 10.9. The maximum Gasteiger partial charge on any atom is 0.236 e. The average molecular weight is 251 g/mol. The highest BCUT2D eigenvalue weighted by atomic mass is 16.3. The van der Waals surface area contributed by atoms with Crippen LogP contribution < -0.4 is 5.32 Å². The first-order valence-corrected chi connectivity index (χ1v) is 6.45. The van der Waals surface area contributed by atoms with Gasteiger partial charge in [0.25, 0.3) is 0 Å². The summed E-state index contributed by atoms with van der Waals surface area (Å²) in [6.07, 6.45) is 2.69. The van der Waals surface area contributed by atoms with Gasteiger partial charge in [0.1, 0.15) is 5.76 Å². The topological polar surface area (TPSA) is 48.7 Å². The van der Waals surface area contributed by atoms with Crippen molar-refractivity contribution < 1.29 is 9.21 Å². The van der Waals surface area contributed by atoms with Gasteiger partial charge in [-0.25, -0.2) is 0 Å². The van der Waals surface area contributed by atoms with Gasteiger partial charge >= 0.3 is 0 Å². The third-order valence-corrected chi connectivity index (χ3v) is 3.10. The smallest absolute Gasteiger partial charge is 0.236 e. The van der Waals surface area contributed by atoms with Gasteiger partial charge in [-0.3, -0.25) is 9.69 Å². The Kier molecular flexibility index (Phi) is 4.78. The van der Waals surface area contributed by atoms with Crippen molar-refractivity contribution in [1.29, 1.82) is 0 Å². The van der Waals surface area contributed by atoms with Gasteiger partial charge in [-0.15, -0.1) is 0 Å². The minimum absolute atomic E-state index is 0.202. The monoisotopic (exact) mass is 251 g/mol. The van der Waals surface area contributed by atoms with E-state index in [1.807, 2.05) is 29.0 Å². The maximum absolute atomic E-state index is 12.1. The van der Waals surface area contributed by atoms with E-state index in [0.717, 1.165) is 38.4 Å². The molecule has 0 saturated carbocycles. The lowest BCUT2D eigenvalue weighted by molar-refractivity contribution is -0.132. The number of rotatable bonds is 4. The molecule has 1 amide bonds. The lowest BCUT2D eigenvalue weighted by atomic mass is 10.3. The molecule has 100 valence electrons. The van der Waals surface area contributed by atoms with Crippen LogP contribution in [0.15, 0.2) is 22.8 Å². The van der Waals surface area contributed by atoms with Crippen LogP contribution in [0.25, 0.3) is 0 Å². The molecule has 1 fully saturated rings. The van der Waals surface area contributed by atoms with Crippen LogP contribution >= 0.6 is 0 Å². The molecule has 1 saturated heterocycles. The van der Waals surface area contributed by atoms with Crippen LogP contribution in [0, 0.1) is 0 Å². The van der Waals surface area contributed by atoms with Crippen molar-refractivity contribution in [2.45, 2.75) is 13.0 Å². The number of carbonyl (C=O) groups is 1. The number of nitrogens with zero attached hydrogens (tertiary/aromatic N) is 2. The van der Waals surface area contributed by atoms with E-state index in [0.29, 0.717) is 13.1 Å². The Morgan fingerprint density at radius 2 is 2.39 bits per heavy atom. The molecule has 2 heterocycles. The van der Waals surface area contributed by atoms with Gasteiger partial charge in [-0.1, -0.05) is 0 Å². The van der Waals surface area contributed by atoms with Crippen molar-refractivity contribution in [3.8, 4) is 0 Å². The number of furan rings is 1. The third kappa shape index (κ3) is 3.85. The van der Waals surface area contributed by atoms with E-state index >= 15 is 0 Å². The van der Waals surface area contributed by atoms with Gasteiger partial charge in [0.05, 0.1) is 19.4 Å². The number of hydrogen-bond donors (Lipinski definition) is 1. The number of likely N-dealkylation sites (N-methyl/N-ethyl adjacent to an activating group) is 1. The molecule has 5 nitrogen and oxygen atoms in total. The van der Waals surface area contributed by atoms with E-state index in [2.05, 4.69) is 5.32 Å².